The van der Waals surface area contributed by atoms with E-state index in [2.05, 4.69) is 17.6 Å². The van der Waals surface area contributed by atoms with Gasteiger partial charge in [0, 0.05) is 17.9 Å². The predicted molar refractivity (Wildman–Crippen MR) is 60.5 cm³/mol. The van der Waals surface area contributed by atoms with Crippen molar-refractivity contribution in [3.63, 3.8) is 0 Å². The Bertz CT molecular complexity index is 174. The maximum atomic E-state index is 11.0. The molecule has 76 valence electrons. The third kappa shape index (κ3) is 8.21. The minimum Gasteiger partial charge on any atom is -0.357 e. The average Bonchev–Trinajstić information content (AvgIpc) is 2.10. The Hall–Kier alpha value is -0.130. The van der Waals surface area contributed by atoms with Crippen LogP contribution in [0.25, 0.3) is 0 Å². The lowest BCUT2D eigenvalue weighted by Gasteiger charge is -2.02. The standard InChI is InChI=1S/C8H16N2OS2/c1-7(2)8(11)10-4-6-13-12-5-3-9/h1,3-6,9H2,2H3,(H,10,11)/p+1. The fourth-order valence-electron chi connectivity index (χ4n) is 0.534. The molecule has 3 nitrogen and oxygen atoms in total. The molecule has 0 unspecified atom stereocenters. The first-order valence-corrected chi connectivity index (χ1v) is 6.64. The van der Waals surface area contributed by atoms with Gasteiger partial charge in [-0.05, 0) is 6.92 Å². The molecule has 0 atom stereocenters. The van der Waals surface area contributed by atoms with Crippen LogP contribution in [-0.4, -0.2) is 30.5 Å². The predicted octanol–water partition coefficient (Wildman–Crippen LogP) is 0.302. The van der Waals surface area contributed by atoms with Crippen molar-refractivity contribution in [2.75, 3.05) is 24.6 Å². The second kappa shape index (κ2) is 8.47. The molecule has 0 aliphatic heterocycles. The summed E-state index contributed by atoms with van der Waals surface area (Å²) >= 11 is 0. The summed E-state index contributed by atoms with van der Waals surface area (Å²) in [6.45, 7) is 6.92. The summed E-state index contributed by atoms with van der Waals surface area (Å²) in [4.78, 5) is 11.0. The average molecular weight is 221 g/mol. The lowest BCUT2D eigenvalue weighted by Crippen LogP contribution is -2.51. The molecule has 0 heterocycles. The zero-order valence-electron chi connectivity index (χ0n) is 7.97. The molecule has 0 aliphatic carbocycles. The topological polar surface area (TPSA) is 56.7 Å². The highest BCUT2D eigenvalue weighted by Crippen LogP contribution is 2.18. The van der Waals surface area contributed by atoms with Crippen molar-refractivity contribution in [3.05, 3.63) is 12.2 Å². The van der Waals surface area contributed by atoms with E-state index in [0.29, 0.717) is 12.1 Å². The van der Waals surface area contributed by atoms with E-state index in [4.69, 9.17) is 0 Å². The molecule has 13 heavy (non-hydrogen) atoms. The van der Waals surface area contributed by atoms with E-state index in [9.17, 15) is 4.79 Å². The highest BCUT2D eigenvalue weighted by atomic mass is 33.1. The number of carbonyl (C=O) groups excluding carboxylic acids is 1. The van der Waals surface area contributed by atoms with Gasteiger partial charge in [0.1, 0.15) is 0 Å². The Morgan fingerprint density at radius 3 is 2.62 bits per heavy atom. The molecule has 0 rings (SSSR count). The fraction of sp³-hybridized carbons (Fsp3) is 0.625. The quantitative estimate of drug-likeness (QED) is 0.369. The number of hydrogen-bond donors (Lipinski definition) is 2. The molecular weight excluding hydrogens is 204 g/mol. The van der Waals surface area contributed by atoms with Crippen LogP contribution < -0.4 is 11.1 Å². The van der Waals surface area contributed by atoms with Gasteiger partial charge in [0.15, 0.2) is 0 Å². The van der Waals surface area contributed by atoms with Gasteiger partial charge < -0.3 is 11.1 Å². The van der Waals surface area contributed by atoms with Crippen molar-refractivity contribution in [2.24, 2.45) is 0 Å². The van der Waals surface area contributed by atoms with Crippen molar-refractivity contribution < 1.29 is 10.5 Å². The minimum atomic E-state index is -0.0530. The second-order valence-corrected chi connectivity index (χ2v) is 5.24. The number of quaternary nitrogens is 1. The Morgan fingerprint density at radius 1 is 1.46 bits per heavy atom. The normalized spacial score (nSPS) is 9.69. The van der Waals surface area contributed by atoms with Crippen molar-refractivity contribution >= 4 is 27.5 Å². The summed E-state index contributed by atoms with van der Waals surface area (Å²) in [5, 5.41) is 2.77. The van der Waals surface area contributed by atoms with E-state index in [1.54, 1.807) is 28.5 Å². The monoisotopic (exact) mass is 221 g/mol. The SMILES string of the molecule is C=C(C)C(=O)NCCSSCC[NH3+]. The summed E-state index contributed by atoms with van der Waals surface area (Å²) in [6.07, 6.45) is 0. The van der Waals surface area contributed by atoms with Crippen molar-refractivity contribution in [2.45, 2.75) is 6.92 Å². The third-order valence-electron chi connectivity index (χ3n) is 1.17. The lowest BCUT2D eigenvalue weighted by atomic mass is 10.3. The van der Waals surface area contributed by atoms with Gasteiger partial charge in [0.25, 0.3) is 0 Å². The van der Waals surface area contributed by atoms with E-state index in [-0.39, 0.29) is 5.91 Å². The maximum absolute atomic E-state index is 11.0. The minimum absolute atomic E-state index is 0.0530. The van der Waals surface area contributed by atoms with Crippen molar-refractivity contribution in [1.29, 1.82) is 0 Å². The first-order chi connectivity index (χ1) is 6.18. The van der Waals surface area contributed by atoms with Gasteiger partial charge in [0.2, 0.25) is 5.91 Å². The van der Waals surface area contributed by atoms with Crippen LogP contribution in [0.2, 0.25) is 0 Å². The Morgan fingerprint density at radius 2 is 2.08 bits per heavy atom. The van der Waals surface area contributed by atoms with Crippen LogP contribution >= 0.6 is 21.6 Å². The zero-order valence-corrected chi connectivity index (χ0v) is 9.60. The second-order valence-electron chi connectivity index (χ2n) is 2.53. The van der Waals surface area contributed by atoms with Gasteiger partial charge in [-0.1, -0.05) is 28.2 Å². The van der Waals surface area contributed by atoms with E-state index in [1.165, 1.54) is 0 Å². The largest absolute Gasteiger partial charge is 0.357 e. The van der Waals surface area contributed by atoms with E-state index < -0.39 is 0 Å². The summed E-state index contributed by atoms with van der Waals surface area (Å²) in [6, 6.07) is 0. The van der Waals surface area contributed by atoms with Crippen molar-refractivity contribution in [3.8, 4) is 0 Å². The Kier molecular flexibility index (Phi) is 8.38. The van der Waals surface area contributed by atoms with Crippen LogP contribution in [0.15, 0.2) is 12.2 Å². The molecule has 5 heteroatoms. The first kappa shape index (κ1) is 12.9. The number of nitrogens with one attached hydrogen (secondary N) is 1. The molecule has 0 radical (unpaired) electrons. The van der Waals surface area contributed by atoms with Gasteiger partial charge in [-0.25, -0.2) is 0 Å². The summed E-state index contributed by atoms with van der Waals surface area (Å²) in [5.74, 6) is 1.95. The van der Waals surface area contributed by atoms with Crippen LogP contribution in [0.1, 0.15) is 6.92 Å². The van der Waals surface area contributed by atoms with E-state index >= 15 is 0 Å². The summed E-state index contributed by atoms with van der Waals surface area (Å²) in [7, 11) is 3.56. The van der Waals surface area contributed by atoms with Gasteiger partial charge in [-0.2, -0.15) is 0 Å². The number of carbonyl (C=O) groups is 1. The molecule has 0 fully saturated rings. The highest BCUT2D eigenvalue weighted by molar-refractivity contribution is 8.76. The van der Waals surface area contributed by atoms with Crippen LogP contribution in [0.4, 0.5) is 0 Å². The molecule has 0 aromatic rings. The number of rotatable bonds is 7. The molecule has 0 bridgehead atoms. The maximum Gasteiger partial charge on any atom is 0.246 e. The van der Waals surface area contributed by atoms with Crippen LogP contribution in [0.3, 0.4) is 0 Å². The van der Waals surface area contributed by atoms with Gasteiger partial charge in [0.05, 0.1) is 12.3 Å². The Labute approximate surface area is 87.3 Å². The molecule has 0 saturated carbocycles. The van der Waals surface area contributed by atoms with Crippen LogP contribution in [-0.2, 0) is 4.79 Å². The van der Waals surface area contributed by atoms with E-state index in [0.717, 1.165) is 18.1 Å². The summed E-state index contributed by atoms with van der Waals surface area (Å²) in [5.41, 5.74) is 4.30. The number of amides is 1. The highest BCUT2D eigenvalue weighted by Gasteiger charge is 1.99. The molecule has 0 saturated heterocycles. The van der Waals surface area contributed by atoms with E-state index in [1.807, 2.05) is 0 Å². The molecular formula is C8H17N2OS2+. The number of hydrogen-bond acceptors (Lipinski definition) is 3. The Balaban J connectivity index is 3.16. The smallest absolute Gasteiger partial charge is 0.246 e. The molecule has 0 aromatic carbocycles. The lowest BCUT2D eigenvalue weighted by molar-refractivity contribution is -0.360. The molecule has 0 aliphatic rings. The van der Waals surface area contributed by atoms with Gasteiger partial charge in [-0.3, -0.25) is 4.79 Å². The first-order valence-electron chi connectivity index (χ1n) is 4.16. The molecule has 0 spiro atoms. The molecule has 4 N–H and O–H groups in total. The molecule has 0 aromatic heterocycles. The third-order valence-corrected chi connectivity index (χ3v) is 3.66. The zero-order chi connectivity index (χ0) is 10.1. The van der Waals surface area contributed by atoms with Gasteiger partial charge in [-0.15, -0.1) is 0 Å². The molecule has 1 amide bonds. The fourth-order valence-corrected chi connectivity index (χ4v) is 2.38. The summed E-state index contributed by atoms with van der Waals surface area (Å²) < 4.78 is 0. The van der Waals surface area contributed by atoms with Crippen LogP contribution in [0, 0.1) is 0 Å². The van der Waals surface area contributed by atoms with Crippen LogP contribution in [0.5, 0.6) is 0 Å². The van der Waals surface area contributed by atoms with Crippen molar-refractivity contribution in [1.82, 2.24) is 5.32 Å². The van der Waals surface area contributed by atoms with Gasteiger partial charge >= 0.3 is 0 Å².